The van der Waals surface area contributed by atoms with Gasteiger partial charge >= 0.3 is 6.09 Å². The highest BCUT2D eigenvalue weighted by Gasteiger charge is 2.43. The number of nitrogens with one attached hydrogen (secondary N) is 2. The summed E-state index contributed by atoms with van der Waals surface area (Å²) in [6, 6.07) is 4.90. The molecule has 0 heterocycles. The number of aliphatic hydroxyl groups is 1. The number of hydrogen-bond acceptors (Lipinski definition) is 5. The summed E-state index contributed by atoms with van der Waals surface area (Å²) >= 11 is 0. The summed E-state index contributed by atoms with van der Waals surface area (Å²) in [6.07, 6.45) is 3.06. The number of ether oxygens (including phenoxy) is 1. The van der Waals surface area contributed by atoms with E-state index in [1.54, 1.807) is 32.9 Å². The molecule has 0 aliphatic heterocycles. The first kappa shape index (κ1) is 31.2. The summed E-state index contributed by atoms with van der Waals surface area (Å²) in [7, 11) is 0. The third kappa shape index (κ3) is 8.97. The van der Waals surface area contributed by atoms with Crippen molar-refractivity contribution in [1.82, 2.24) is 15.5 Å². The van der Waals surface area contributed by atoms with Crippen LogP contribution in [0, 0.1) is 0 Å². The van der Waals surface area contributed by atoms with Crippen molar-refractivity contribution in [2.45, 2.75) is 104 Å². The van der Waals surface area contributed by atoms with Gasteiger partial charge in [-0.25, -0.2) is 4.79 Å². The van der Waals surface area contributed by atoms with Crippen LogP contribution in [0.3, 0.4) is 0 Å². The van der Waals surface area contributed by atoms with Crippen LogP contribution < -0.4 is 10.6 Å². The van der Waals surface area contributed by atoms with E-state index in [9.17, 15) is 19.5 Å². The van der Waals surface area contributed by atoms with Crippen LogP contribution in [0.4, 0.5) is 4.79 Å². The first-order chi connectivity index (χ1) is 16.7. The molecule has 0 aliphatic rings. The van der Waals surface area contributed by atoms with E-state index in [0.29, 0.717) is 12.0 Å². The Morgan fingerprint density at radius 3 is 2.28 bits per heavy atom. The summed E-state index contributed by atoms with van der Waals surface area (Å²) in [6.45, 7) is 17.9. The SMILES string of the molecule is C=Cc1cccc(C(C(=O)NC(C)CCC)N(C(=O)C(CO)NC(=O)OC(C)(C)C)C(C)(C)CC)c1. The molecule has 0 spiro atoms. The Labute approximate surface area is 216 Å². The molecular formula is C28H45N3O5. The van der Waals surface area contributed by atoms with Crippen molar-refractivity contribution >= 4 is 24.0 Å². The largest absolute Gasteiger partial charge is 0.444 e. The fourth-order valence-corrected chi connectivity index (χ4v) is 3.85. The van der Waals surface area contributed by atoms with Gasteiger partial charge in [0, 0.05) is 11.6 Å². The Balaban J connectivity index is 3.60. The summed E-state index contributed by atoms with van der Waals surface area (Å²) in [4.78, 5) is 41.6. The number of alkyl carbamates (subject to hydrolysis) is 1. The lowest BCUT2D eigenvalue weighted by Gasteiger charge is -2.44. The molecule has 202 valence electrons. The monoisotopic (exact) mass is 503 g/mol. The van der Waals surface area contributed by atoms with E-state index in [4.69, 9.17) is 4.74 Å². The average molecular weight is 504 g/mol. The van der Waals surface area contributed by atoms with Gasteiger partial charge in [-0.1, -0.05) is 51.1 Å². The third-order valence-corrected chi connectivity index (χ3v) is 6.01. The molecule has 3 unspecified atom stereocenters. The number of carbonyl (C=O) groups is 3. The molecule has 0 fully saturated rings. The molecule has 0 radical (unpaired) electrons. The van der Waals surface area contributed by atoms with Gasteiger partial charge in [0.2, 0.25) is 11.8 Å². The van der Waals surface area contributed by atoms with Gasteiger partial charge in [0.25, 0.3) is 0 Å². The molecule has 0 aliphatic carbocycles. The van der Waals surface area contributed by atoms with Crippen molar-refractivity contribution in [2.24, 2.45) is 0 Å². The van der Waals surface area contributed by atoms with Crippen molar-refractivity contribution in [3.05, 3.63) is 42.0 Å². The van der Waals surface area contributed by atoms with Crippen LogP contribution in [0.15, 0.2) is 30.8 Å². The highest BCUT2D eigenvalue weighted by molar-refractivity contribution is 5.93. The van der Waals surface area contributed by atoms with Crippen molar-refractivity contribution < 1.29 is 24.2 Å². The second-order valence-corrected chi connectivity index (χ2v) is 10.7. The van der Waals surface area contributed by atoms with Crippen LogP contribution >= 0.6 is 0 Å². The maximum Gasteiger partial charge on any atom is 0.408 e. The molecule has 0 saturated carbocycles. The van der Waals surface area contributed by atoms with Crippen LogP contribution in [-0.2, 0) is 14.3 Å². The van der Waals surface area contributed by atoms with Crippen LogP contribution in [-0.4, -0.2) is 57.7 Å². The van der Waals surface area contributed by atoms with Gasteiger partial charge in [-0.05, 0) is 71.6 Å². The molecule has 1 aromatic rings. The number of nitrogens with zero attached hydrogens (tertiary/aromatic N) is 1. The minimum atomic E-state index is -1.29. The fraction of sp³-hybridized carbons (Fsp3) is 0.607. The number of rotatable bonds is 12. The van der Waals surface area contributed by atoms with Crippen LogP contribution in [0.25, 0.3) is 6.08 Å². The van der Waals surface area contributed by atoms with E-state index in [1.807, 2.05) is 52.8 Å². The number of benzene rings is 1. The molecular weight excluding hydrogens is 458 g/mol. The zero-order valence-electron chi connectivity index (χ0n) is 23.2. The van der Waals surface area contributed by atoms with E-state index >= 15 is 0 Å². The zero-order chi connectivity index (χ0) is 27.7. The second-order valence-electron chi connectivity index (χ2n) is 10.7. The second kappa shape index (κ2) is 13.4. The van der Waals surface area contributed by atoms with Gasteiger partial charge in [-0.3, -0.25) is 9.59 Å². The van der Waals surface area contributed by atoms with Crippen LogP contribution in [0.5, 0.6) is 0 Å². The molecule has 8 heteroatoms. The van der Waals surface area contributed by atoms with Crippen molar-refractivity contribution in [1.29, 1.82) is 0 Å². The Kier molecular flexibility index (Phi) is 11.6. The molecule has 8 nitrogen and oxygen atoms in total. The first-order valence-electron chi connectivity index (χ1n) is 12.7. The van der Waals surface area contributed by atoms with E-state index in [1.165, 1.54) is 4.90 Å². The Morgan fingerprint density at radius 2 is 1.78 bits per heavy atom. The van der Waals surface area contributed by atoms with E-state index < -0.39 is 41.8 Å². The van der Waals surface area contributed by atoms with Crippen molar-refractivity contribution in [3.8, 4) is 0 Å². The number of aliphatic hydroxyl groups excluding tert-OH is 1. The Morgan fingerprint density at radius 1 is 1.14 bits per heavy atom. The van der Waals surface area contributed by atoms with E-state index in [2.05, 4.69) is 17.2 Å². The van der Waals surface area contributed by atoms with Gasteiger partial charge in [-0.15, -0.1) is 0 Å². The molecule has 0 bridgehead atoms. The lowest BCUT2D eigenvalue weighted by Crippen LogP contribution is -2.60. The van der Waals surface area contributed by atoms with Gasteiger partial charge < -0.3 is 25.4 Å². The Hall–Kier alpha value is -2.87. The van der Waals surface area contributed by atoms with Crippen LogP contribution in [0.1, 0.15) is 91.8 Å². The van der Waals surface area contributed by atoms with Gasteiger partial charge in [0.15, 0.2) is 0 Å². The number of amides is 3. The van der Waals surface area contributed by atoms with Gasteiger partial charge in [0.1, 0.15) is 17.7 Å². The zero-order valence-corrected chi connectivity index (χ0v) is 23.2. The standard InChI is InChI=1S/C28H45N3O5/c1-10-14-19(4)29-24(33)23(21-16-13-15-20(11-2)17-21)31(28(8,9)12-3)25(34)22(18-32)30-26(35)36-27(5,6)7/h11,13,15-17,19,22-23,32H,2,10,12,14,18H2,1,3-9H3,(H,29,33)(H,30,35). The number of carbonyl (C=O) groups excluding carboxylic acids is 3. The van der Waals surface area contributed by atoms with Crippen molar-refractivity contribution in [3.63, 3.8) is 0 Å². The lowest BCUT2D eigenvalue weighted by molar-refractivity contribution is -0.150. The topological polar surface area (TPSA) is 108 Å². The smallest absolute Gasteiger partial charge is 0.408 e. The van der Waals surface area contributed by atoms with Crippen molar-refractivity contribution in [2.75, 3.05) is 6.61 Å². The first-order valence-corrected chi connectivity index (χ1v) is 12.7. The minimum absolute atomic E-state index is 0.0946. The van der Waals surface area contributed by atoms with E-state index in [0.717, 1.165) is 18.4 Å². The summed E-state index contributed by atoms with van der Waals surface area (Å²) in [5.74, 6) is -0.913. The molecule has 0 aromatic heterocycles. The molecule has 36 heavy (non-hydrogen) atoms. The molecule has 0 saturated heterocycles. The molecule has 3 N–H and O–H groups in total. The molecule has 3 atom stereocenters. The normalized spacial score (nSPS) is 14.2. The quantitative estimate of drug-likeness (QED) is 0.387. The molecule has 1 rings (SSSR count). The molecule has 1 aromatic carbocycles. The van der Waals surface area contributed by atoms with E-state index in [-0.39, 0.29) is 11.9 Å². The predicted molar refractivity (Wildman–Crippen MR) is 143 cm³/mol. The maximum absolute atomic E-state index is 14.0. The lowest BCUT2D eigenvalue weighted by atomic mass is 9.91. The average Bonchev–Trinajstić information content (AvgIpc) is 2.79. The minimum Gasteiger partial charge on any atom is -0.444 e. The fourth-order valence-electron chi connectivity index (χ4n) is 3.85. The third-order valence-electron chi connectivity index (χ3n) is 6.01. The highest BCUT2D eigenvalue weighted by Crippen LogP contribution is 2.33. The maximum atomic E-state index is 14.0. The highest BCUT2D eigenvalue weighted by atomic mass is 16.6. The summed E-state index contributed by atoms with van der Waals surface area (Å²) < 4.78 is 5.29. The van der Waals surface area contributed by atoms with Crippen LogP contribution in [0.2, 0.25) is 0 Å². The van der Waals surface area contributed by atoms with Gasteiger partial charge in [0.05, 0.1) is 6.61 Å². The summed E-state index contributed by atoms with van der Waals surface area (Å²) in [5, 5.41) is 15.6. The predicted octanol–water partition coefficient (Wildman–Crippen LogP) is 4.58. The molecule has 3 amide bonds. The Bertz CT molecular complexity index is 907. The van der Waals surface area contributed by atoms with Gasteiger partial charge in [-0.2, -0.15) is 0 Å². The summed E-state index contributed by atoms with van der Waals surface area (Å²) in [5.41, 5.74) is -0.157. The number of hydrogen-bond donors (Lipinski definition) is 3.